The van der Waals surface area contributed by atoms with Crippen molar-refractivity contribution in [3.63, 3.8) is 0 Å². The van der Waals surface area contributed by atoms with Crippen molar-refractivity contribution in [1.82, 2.24) is 25.3 Å². The summed E-state index contributed by atoms with van der Waals surface area (Å²) < 4.78 is 7.20. The summed E-state index contributed by atoms with van der Waals surface area (Å²) in [7, 11) is 1.81. The first kappa shape index (κ1) is 19.1. The molecule has 1 fully saturated rings. The topological polar surface area (TPSA) is 117 Å². The van der Waals surface area contributed by atoms with Crippen LogP contribution in [0.15, 0.2) is 29.1 Å². The summed E-state index contributed by atoms with van der Waals surface area (Å²) >= 11 is 0. The number of ether oxygens (including phenoxy) is 1. The maximum Gasteiger partial charge on any atom is 0.407 e. The first-order chi connectivity index (χ1) is 13.9. The average Bonchev–Trinajstić information content (AvgIpc) is 3.35. The Morgan fingerprint density at radius 2 is 2.14 bits per heavy atom. The molecule has 2 aromatic heterocycles. The lowest BCUT2D eigenvalue weighted by Crippen LogP contribution is -2.33. The van der Waals surface area contributed by atoms with Gasteiger partial charge in [-0.05, 0) is 51.3 Å². The Balaban J connectivity index is 1.39. The zero-order valence-corrected chi connectivity index (χ0v) is 16.8. The number of aromatic nitrogens is 4. The summed E-state index contributed by atoms with van der Waals surface area (Å²) in [6, 6.07) is 7.63. The van der Waals surface area contributed by atoms with Gasteiger partial charge in [-0.3, -0.25) is 19.7 Å². The second-order valence-electron chi connectivity index (χ2n) is 7.90. The third-order valence-corrected chi connectivity index (χ3v) is 5.23. The number of amides is 1. The van der Waals surface area contributed by atoms with Crippen LogP contribution >= 0.6 is 0 Å². The van der Waals surface area contributed by atoms with Gasteiger partial charge < -0.3 is 15.4 Å². The molecule has 154 valence electrons. The van der Waals surface area contributed by atoms with Crippen LogP contribution in [0.1, 0.15) is 44.7 Å². The minimum Gasteiger partial charge on any atom is -0.446 e. The second-order valence-corrected chi connectivity index (χ2v) is 7.90. The molecule has 2 heterocycles. The maximum atomic E-state index is 11.8. The molecule has 1 aromatic carbocycles. The highest BCUT2D eigenvalue weighted by molar-refractivity contribution is 5.83. The van der Waals surface area contributed by atoms with Crippen LogP contribution in [0.4, 0.5) is 16.3 Å². The Morgan fingerprint density at radius 3 is 2.93 bits per heavy atom. The normalized spacial score (nSPS) is 19.0. The number of alkyl carbamates (subject to hydrolysis) is 1. The van der Waals surface area contributed by atoms with E-state index < -0.39 is 0 Å². The van der Waals surface area contributed by atoms with Crippen LogP contribution in [0.5, 0.6) is 0 Å². The Labute approximate surface area is 167 Å². The lowest BCUT2D eigenvalue weighted by atomic mass is 10.0. The van der Waals surface area contributed by atoms with Gasteiger partial charge in [0, 0.05) is 30.8 Å². The fraction of sp³-hybridized carbons (Fsp3) is 0.450. The highest BCUT2D eigenvalue weighted by Crippen LogP contribution is 2.36. The molecule has 0 saturated heterocycles. The lowest BCUT2D eigenvalue weighted by Gasteiger charge is -2.14. The number of benzene rings is 1. The van der Waals surface area contributed by atoms with Crippen molar-refractivity contribution in [3.8, 4) is 0 Å². The smallest absolute Gasteiger partial charge is 0.407 e. The van der Waals surface area contributed by atoms with Gasteiger partial charge in [-0.15, -0.1) is 0 Å². The fourth-order valence-electron chi connectivity index (χ4n) is 3.85. The number of aromatic amines is 2. The molecule has 2 atom stereocenters. The lowest BCUT2D eigenvalue weighted by molar-refractivity contribution is 0.0981. The Morgan fingerprint density at radius 1 is 1.31 bits per heavy atom. The van der Waals surface area contributed by atoms with E-state index in [1.807, 2.05) is 39.1 Å². The molecule has 3 aromatic rings. The van der Waals surface area contributed by atoms with Crippen molar-refractivity contribution in [2.75, 3.05) is 5.32 Å². The molecule has 4 rings (SSSR count). The molecular formula is C20H26N6O3. The molecule has 0 unspecified atom stereocenters. The first-order valence-corrected chi connectivity index (χ1v) is 9.87. The zero-order chi connectivity index (χ0) is 20.5. The van der Waals surface area contributed by atoms with Gasteiger partial charge in [0.05, 0.1) is 16.6 Å². The largest absolute Gasteiger partial charge is 0.446 e. The second kappa shape index (κ2) is 7.65. The van der Waals surface area contributed by atoms with Gasteiger partial charge in [0.15, 0.2) is 0 Å². The molecule has 9 nitrogen and oxygen atoms in total. The van der Waals surface area contributed by atoms with Gasteiger partial charge in [0.1, 0.15) is 11.9 Å². The van der Waals surface area contributed by atoms with Crippen molar-refractivity contribution in [3.05, 3.63) is 40.3 Å². The van der Waals surface area contributed by atoms with Crippen LogP contribution in [-0.2, 0) is 11.8 Å². The van der Waals surface area contributed by atoms with Crippen LogP contribution in [0.25, 0.3) is 10.9 Å². The molecule has 1 aliphatic carbocycles. The third kappa shape index (κ3) is 4.13. The number of carbonyl (C=O) groups excluding carboxylic acids is 1. The van der Waals surface area contributed by atoms with E-state index in [9.17, 15) is 9.59 Å². The highest BCUT2D eigenvalue weighted by Gasteiger charge is 2.30. The fourth-order valence-corrected chi connectivity index (χ4v) is 3.85. The first-order valence-electron chi connectivity index (χ1n) is 9.87. The van der Waals surface area contributed by atoms with E-state index in [4.69, 9.17) is 4.74 Å². The molecule has 4 N–H and O–H groups in total. The van der Waals surface area contributed by atoms with E-state index in [2.05, 4.69) is 25.9 Å². The zero-order valence-electron chi connectivity index (χ0n) is 16.8. The molecule has 0 bridgehead atoms. The number of H-pyrrole nitrogens is 2. The van der Waals surface area contributed by atoms with Crippen molar-refractivity contribution in [2.45, 2.75) is 51.2 Å². The van der Waals surface area contributed by atoms with E-state index in [0.717, 1.165) is 42.0 Å². The van der Waals surface area contributed by atoms with Gasteiger partial charge in [0.2, 0.25) is 0 Å². The number of anilines is 2. The van der Waals surface area contributed by atoms with Crippen LogP contribution in [-0.4, -0.2) is 38.2 Å². The number of fused-ring (bicyclic) bond motifs is 1. The van der Waals surface area contributed by atoms with Crippen LogP contribution < -0.4 is 16.2 Å². The van der Waals surface area contributed by atoms with Crippen LogP contribution in [0.3, 0.4) is 0 Å². The minimum absolute atomic E-state index is 0.0626. The van der Waals surface area contributed by atoms with Crippen molar-refractivity contribution in [1.29, 1.82) is 0 Å². The number of rotatable bonds is 5. The summed E-state index contributed by atoms with van der Waals surface area (Å²) in [5.74, 6) is 1.04. The summed E-state index contributed by atoms with van der Waals surface area (Å²) in [5, 5.41) is 16.9. The number of hydrogen-bond donors (Lipinski definition) is 4. The van der Waals surface area contributed by atoms with Crippen molar-refractivity contribution >= 4 is 28.5 Å². The standard InChI is InChI=1S/C20H26N6O3/c1-11(2)21-20(28)29-14-6-4-12(8-14)16-10-18(24-23-16)22-13-5-7-15-17(9-13)26(3)25-19(15)27/h5,7,9-12,14H,4,6,8H2,1-3H3,(H,21,28)(H,25,27)(H2,22,23,24)/t12-,14+/m0/s1. The Kier molecular flexibility index (Phi) is 5.04. The van der Waals surface area contributed by atoms with E-state index in [-0.39, 0.29) is 29.7 Å². The molecule has 1 amide bonds. The monoisotopic (exact) mass is 398 g/mol. The van der Waals surface area contributed by atoms with E-state index in [1.54, 1.807) is 10.7 Å². The predicted molar refractivity (Wildman–Crippen MR) is 111 cm³/mol. The summed E-state index contributed by atoms with van der Waals surface area (Å²) in [5.41, 5.74) is 2.55. The summed E-state index contributed by atoms with van der Waals surface area (Å²) in [6.07, 6.45) is 2.10. The summed E-state index contributed by atoms with van der Waals surface area (Å²) in [6.45, 7) is 3.81. The van der Waals surface area contributed by atoms with Gasteiger partial charge >= 0.3 is 6.09 Å². The maximum absolute atomic E-state index is 11.8. The number of carbonyl (C=O) groups is 1. The number of nitrogens with zero attached hydrogens (tertiary/aromatic N) is 2. The van der Waals surface area contributed by atoms with Gasteiger partial charge in [-0.2, -0.15) is 5.10 Å². The Hall–Kier alpha value is -3.23. The minimum atomic E-state index is -0.357. The molecule has 0 radical (unpaired) electrons. The molecule has 0 aliphatic heterocycles. The molecule has 1 aliphatic rings. The highest BCUT2D eigenvalue weighted by atomic mass is 16.6. The average molecular weight is 398 g/mol. The van der Waals surface area contributed by atoms with E-state index in [1.165, 1.54) is 0 Å². The molecule has 1 saturated carbocycles. The molecular weight excluding hydrogens is 372 g/mol. The van der Waals surface area contributed by atoms with Gasteiger partial charge in [0.25, 0.3) is 5.56 Å². The van der Waals surface area contributed by atoms with Gasteiger partial charge in [-0.1, -0.05) is 0 Å². The quantitative estimate of drug-likeness (QED) is 0.527. The van der Waals surface area contributed by atoms with E-state index in [0.29, 0.717) is 5.39 Å². The number of aryl methyl sites for hydroxylation is 1. The van der Waals surface area contributed by atoms with E-state index >= 15 is 0 Å². The molecule has 29 heavy (non-hydrogen) atoms. The number of hydrogen-bond acceptors (Lipinski definition) is 5. The van der Waals surface area contributed by atoms with Crippen LogP contribution in [0, 0.1) is 0 Å². The third-order valence-electron chi connectivity index (χ3n) is 5.23. The number of nitrogens with one attached hydrogen (secondary N) is 4. The molecule has 9 heteroatoms. The van der Waals surface area contributed by atoms with Crippen molar-refractivity contribution in [2.24, 2.45) is 7.05 Å². The SMILES string of the molecule is CC(C)NC(=O)O[C@@H]1CC[C@H](c2cc(Nc3ccc4c(=O)[nH]n(C)c4c3)[nH]n2)C1. The predicted octanol–water partition coefficient (Wildman–Crippen LogP) is 3.10. The summed E-state index contributed by atoms with van der Waals surface area (Å²) in [4.78, 5) is 23.6. The van der Waals surface area contributed by atoms with Gasteiger partial charge in [-0.25, -0.2) is 4.79 Å². The van der Waals surface area contributed by atoms with Crippen LogP contribution in [0.2, 0.25) is 0 Å². The Bertz CT molecular complexity index is 1080. The molecule has 0 spiro atoms. The van der Waals surface area contributed by atoms with Crippen molar-refractivity contribution < 1.29 is 9.53 Å².